The van der Waals surface area contributed by atoms with E-state index < -0.39 is 52.7 Å². The summed E-state index contributed by atoms with van der Waals surface area (Å²) in [4.78, 5) is 22.4. The summed E-state index contributed by atoms with van der Waals surface area (Å²) < 4.78 is 33.7. The lowest BCUT2D eigenvalue weighted by molar-refractivity contribution is -0.141. The zero-order valence-corrected chi connectivity index (χ0v) is 15.9. The summed E-state index contributed by atoms with van der Waals surface area (Å²) in [5.74, 6) is -2.11. The van der Waals surface area contributed by atoms with E-state index in [1.165, 1.54) is 0 Å². The predicted molar refractivity (Wildman–Crippen MR) is 93.4 cm³/mol. The molecule has 28 heavy (non-hydrogen) atoms. The topological polar surface area (TPSA) is 224 Å². The average Bonchev–Trinajstić information content (AvgIpc) is 3.22. The van der Waals surface area contributed by atoms with Crippen LogP contribution < -0.4 is 20.9 Å². The molecule has 1 saturated carbocycles. The first-order chi connectivity index (χ1) is 13.0. The van der Waals surface area contributed by atoms with Crippen molar-refractivity contribution in [2.45, 2.75) is 56.8 Å². The number of hydrogen-bond acceptors (Lipinski definition) is 9. The first-order valence-corrected chi connectivity index (χ1v) is 10.0. The number of aliphatic hydroxyl groups excluding tert-OH is 1. The molecule has 1 amide bonds. The van der Waals surface area contributed by atoms with Crippen molar-refractivity contribution >= 4 is 22.1 Å². The number of carbonyl (C=O) groups is 2. The minimum atomic E-state index is -4.49. The number of carbonyl (C=O) groups excluding carboxylic acids is 1. The van der Waals surface area contributed by atoms with Crippen LogP contribution in [0.3, 0.4) is 0 Å². The predicted octanol–water partition coefficient (Wildman–Crippen LogP) is -1.96. The van der Waals surface area contributed by atoms with Gasteiger partial charge in [0.2, 0.25) is 17.7 Å². The fourth-order valence-corrected chi connectivity index (χ4v) is 3.73. The lowest BCUT2D eigenvalue weighted by Gasteiger charge is -2.19. The molecule has 1 fully saturated rings. The van der Waals surface area contributed by atoms with Crippen LogP contribution in [0.1, 0.15) is 56.5 Å². The molecule has 0 radical (unpaired) electrons. The second kappa shape index (κ2) is 8.91. The van der Waals surface area contributed by atoms with Crippen molar-refractivity contribution in [3.63, 3.8) is 0 Å². The molecular formula is C14H24N6O7S. The van der Waals surface area contributed by atoms with Gasteiger partial charge in [-0.25, -0.2) is 0 Å². The van der Waals surface area contributed by atoms with Gasteiger partial charge in [0.15, 0.2) is 0 Å². The van der Waals surface area contributed by atoms with Gasteiger partial charge in [0.05, 0.1) is 18.6 Å². The monoisotopic (exact) mass is 420 g/mol. The minimum absolute atomic E-state index is 0.0934. The molecule has 0 bridgehead atoms. The largest absolute Gasteiger partial charge is 0.480 e. The second-order valence-corrected chi connectivity index (χ2v) is 8.26. The Morgan fingerprint density at radius 3 is 2.39 bits per heavy atom. The molecule has 0 aromatic carbocycles. The summed E-state index contributed by atoms with van der Waals surface area (Å²) in [5, 5.41) is 25.9. The van der Waals surface area contributed by atoms with Crippen molar-refractivity contribution in [2.75, 3.05) is 0 Å². The number of nitrogens with two attached hydrogens (primary N) is 2. The standard InChI is InChI=1S/C14H24N6O7S/c1-6(21)11(14(23)24)20-28(25,26)19-9(5-10(16)22)13-18-17-12(27-13)8(15)4-7-2-3-7/h6-9,11,19-21H,2-5,15H2,1H3,(H2,16,22)(H,23,24)/t6?,8-,9+,11+/m1/s1. The van der Waals surface area contributed by atoms with E-state index in [4.69, 9.17) is 21.0 Å². The van der Waals surface area contributed by atoms with E-state index in [2.05, 4.69) is 10.2 Å². The van der Waals surface area contributed by atoms with E-state index >= 15 is 0 Å². The van der Waals surface area contributed by atoms with Gasteiger partial charge in [-0.05, 0) is 19.3 Å². The number of nitrogens with one attached hydrogen (secondary N) is 2. The molecule has 1 aliphatic rings. The van der Waals surface area contributed by atoms with Crippen LogP contribution in [0.4, 0.5) is 0 Å². The van der Waals surface area contributed by atoms with Crippen molar-refractivity contribution in [2.24, 2.45) is 17.4 Å². The fraction of sp³-hybridized carbons (Fsp3) is 0.714. The summed E-state index contributed by atoms with van der Waals surface area (Å²) >= 11 is 0. The Morgan fingerprint density at radius 1 is 1.29 bits per heavy atom. The summed E-state index contributed by atoms with van der Waals surface area (Å²) in [5.41, 5.74) is 11.1. The molecule has 1 unspecified atom stereocenters. The van der Waals surface area contributed by atoms with Crippen LogP contribution in [0.2, 0.25) is 0 Å². The van der Waals surface area contributed by atoms with Crippen LogP contribution in [0.25, 0.3) is 0 Å². The van der Waals surface area contributed by atoms with E-state index in [0.29, 0.717) is 12.3 Å². The second-order valence-electron chi connectivity index (χ2n) is 6.78. The molecule has 2 rings (SSSR count). The third-order valence-corrected chi connectivity index (χ3v) is 5.25. The number of nitrogens with zero attached hydrogens (tertiary/aromatic N) is 2. The lowest BCUT2D eigenvalue weighted by atomic mass is 10.1. The van der Waals surface area contributed by atoms with Crippen LogP contribution in [0, 0.1) is 5.92 Å². The molecule has 0 spiro atoms. The van der Waals surface area contributed by atoms with E-state index in [9.17, 15) is 23.1 Å². The Morgan fingerprint density at radius 2 is 1.89 bits per heavy atom. The summed E-state index contributed by atoms with van der Waals surface area (Å²) in [6.45, 7) is 1.10. The number of rotatable bonds is 12. The average molecular weight is 420 g/mol. The highest BCUT2D eigenvalue weighted by Gasteiger charge is 2.33. The van der Waals surface area contributed by atoms with Gasteiger partial charge in [0.25, 0.3) is 10.2 Å². The zero-order chi connectivity index (χ0) is 21.1. The maximum atomic E-state index is 12.2. The SMILES string of the molecule is CC(O)[C@H](NS(=O)(=O)N[C@@H](CC(N)=O)c1nnc([C@H](N)CC2CC2)o1)C(=O)O. The Kier molecular flexibility index (Phi) is 7.06. The van der Waals surface area contributed by atoms with Gasteiger partial charge in [-0.3, -0.25) is 9.59 Å². The quantitative estimate of drug-likeness (QED) is 0.219. The molecule has 4 atom stereocenters. The molecular weight excluding hydrogens is 396 g/mol. The molecule has 1 heterocycles. The van der Waals surface area contributed by atoms with Crippen molar-refractivity contribution in [3.8, 4) is 0 Å². The first kappa shape index (κ1) is 22.2. The highest BCUT2D eigenvalue weighted by atomic mass is 32.2. The summed E-state index contributed by atoms with van der Waals surface area (Å²) in [6.07, 6.45) is 0.743. The zero-order valence-electron chi connectivity index (χ0n) is 15.1. The number of carboxylic acids is 1. The molecule has 0 aliphatic heterocycles. The number of primary amides is 1. The number of carboxylic acid groups (broad SMARTS) is 1. The highest BCUT2D eigenvalue weighted by Crippen LogP contribution is 2.36. The van der Waals surface area contributed by atoms with Crippen molar-refractivity contribution in [1.29, 1.82) is 0 Å². The van der Waals surface area contributed by atoms with Gasteiger partial charge in [-0.15, -0.1) is 10.2 Å². The van der Waals surface area contributed by atoms with Gasteiger partial charge in [0.1, 0.15) is 12.1 Å². The third kappa shape index (κ3) is 6.49. The molecule has 0 saturated heterocycles. The fourth-order valence-electron chi connectivity index (χ4n) is 2.47. The van der Waals surface area contributed by atoms with Crippen LogP contribution >= 0.6 is 0 Å². The third-order valence-electron chi connectivity index (χ3n) is 4.09. The molecule has 14 heteroatoms. The number of hydrogen-bond donors (Lipinski definition) is 6. The smallest absolute Gasteiger partial charge is 0.324 e. The number of aromatic nitrogens is 2. The minimum Gasteiger partial charge on any atom is -0.480 e. The van der Waals surface area contributed by atoms with Gasteiger partial charge in [-0.2, -0.15) is 17.9 Å². The van der Waals surface area contributed by atoms with Gasteiger partial charge in [-0.1, -0.05) is 12.8 Å². The van der Waals surface area contributed by atoms with E-state index in [-0.39, 0.29) is 11.8 Å². The van der Waals surface area contributed by atoms with Crippen LogP contribution in [0.15, 0.2) is 4.42 Å². The maximum Gasteiger partial charge on any atom is 0.324 e. The Hall–Kier alpha value is -2.13. The Balaban J connectivity index is 2.15. The summed E-state index contributed by atoms with van der Waals surface area (Å²) in [7, 11) is -4.49. The molecule has 1 aliphatic carbocycles. The Bertz CT molecular complexity index is 807. The molecule has 13 nitrogen and oxygen atoms in total. The van der Waals surface area contributed by atoms with Crippen LogP contribution in [-0.2, 0) is 19.8 Å². The van der Waals surface area contributed by atoms with E-state index in [1.807, 2.05) is 4.72 Å². The Labute approximate surface area is 161 Å². The molecule has 1 aromatic rings. The number of aliphatic carboxylic acids is 1. The van der Waals surface area contributed by atoms with Crippen LogP contribution in [0.5, 0.6) is 0 Å². The first-order valence-electron chi connectivity index (χ1n) is 8.56. The van der Waals surface area contributed by atoms with Crippen molar-refractivity contribution in [3.05, 3.63) is 11.8 Å². The van der Waals surface area contributed by atoms with E-state index in [0.717, 1.165) is 19.8 Å². The van der Waals surface area contributed by atoms with Gasteiger partial charge in [0, 0.05) is 0 Å². The highest BCUT2D eigenvalue weighted by molar-refractivity contribution is 7.87. The van der Waals surface area contributed by atoms with Gasteiger partial charge >= 0.3 is 5.97 Å². The van der Waals surface area contributed by atoms with Crippen molar-refractivity contribution < 1.29 is 32.6 Å². The van der Waals surface area contributed by atoms with Gasteiger partial charge < -0.3 is 26.1 Å². The normalized spacial score (nSPS) is 19.0. The lowest BCUT2D eigenvalue weighted by Crippen LogP contribution is -2.52. The molecule has 158 valence electrons. The number of amides is 1. The van der Waals surface area contributed by atoms with Crippen LogP contribution in [-0.4, -0.2) is 52.9 Å². The number of aliphatic hydroxyl groups is 1. The maximum absolute atomic E-state index is 12.2. The van der Waals surface area contributed by atoms with E-state index in [1.54, 1.807) is 4.72 Å². The molecule has 8 N–H and O–H groups in total. The summed E-state index contributed by atoms with van der Waals surface area (Å²) in [6, 6.07) is -3.67. The van der Waals surface area contributed by atoms with Crippen molar-refractivity contribution in [1.82, 2.24) is 19.6 Å². The molecule has 1 aromatic heterocycles.